The normalized spacial score (nSPS) is 10.8. The van der Waals surface area contributed by atoms with Gasteiger partial charge < -0.3 is 0 Å². The lowest BCUT2D eigenvalue weighted by molar-refractivity contribution is 0.0941. The monoisotopic (exact) mass is 188 g/mol. The highest BCUT2D eigenvalue weighted by atomic mass is 16.1. The Bertz CT molecular complexity index is 511. The summed E-state index contributed by atoms with van der Waals surface area (Å²) in [7, 11) is 0. The zero-order valence-corrected chi connectivity index (χ0v) is 8.53. The van der Waals surface area contributed by atoms with E-state index in [2.05, 4.69) is 4.98 Å². The number of fused-ring (bicyclic) bond motifs is 1. The van der Waals surface area contributed by atoms with Gasteiger partial charge in [-0.2, -0.15) is 0 Å². The zero-order valence-electron chi connectivity index (χ0n) is 8.53. The molecule has 0 fully saturated rings. The Hall–Kier alpha value is -1.64. The summed E-state index contributed by atoms with van der Waals surface area (Å²) in [5.74, 6) is -0.00393. The number of hydrogen-bond acceptors (Lipinski definition) is 2. The fourth-order valence-electron chi connectivity index (χ4n) is 1.52. The highest BCUT2D eigenvalue weighted by Gasteiger charge is 2.06. The molecule has 0 N–H and O–H groups in total. The summed E-state index contributed by atoms with van der Waals surface area (Å²) in [5, 5.41) is 0. The van der Waals surface area contributed by atoms with Crippen LogP contribution in [0.2, 0.25) is 0 Å². The van der Waals surface area contributed by atoms with E-state index >= 15 is 0 Å². The molecule has 0 aliphatic carbocycles. The average Bonchev–Trinajstić information content (AvgIpc) is 2.48. The third-order valence-electron chi connectivity index (χ3n) is 2.50. The molecule has 72 valence electrons. The lowest BCUT2D eigenvalue weighted by Crippen LogP contribution is -2.03. The van der Waals surface area contributed by atoms with Crippen LogP contribution in [0.25, 0.3) is 11.0 Å². The Labute approximate surface area is 82.4 Å². The molecular weight excluding hydrogens is 176 g/mol. The van der Waals surface area contributed by atoms with Crippen molar-refractivity contribution in [3.8, 4) is 0 Å². The SMILES string of the molecule is CC(=O)n1cnc2cc(C)c(C)cc21. The van der Waals surface area contributed by atoms with Crippen molar-refractivity contribution in [3.05, 3.63) is 29.6 Å². The van der Waals surface area contributed by atoms with E-state index in [9.17, 15) is 4.79 Å². The summed E-state index contributed by atoms with van der Waals surface area (Å²) in [6.45, 7) is 5.62. The largest absolute Gasteiger partial charge is 0.274 e. The second-order valence-corrected chi connectivity index (χ2v) is 3.56. The molecule has 3 nitrogen and oxygen atoms in total. The highest BCUT2D eigenvalue weighted by Crippen LogP contribution is 2.17. The summed E-state index contributed by atoms with van der Waals surface area (Å²) in [6.07, 6.45) is 1.58. The topological polar surface area (TPSA) is 34.9 Å². The Morgan fingerprint density at radius 2 is 1.93 bits per heavy atom. The Morgan fingerprint density at radius 3 is 2.57 bits per heavy atom. The summed E-state index contributed by atoms with van der Waals surface area (Å²) in [5.41, 5.74) is 4.15. The van der Waals surface area contributed by atoms with Crippen molar-refractivity contribution in [2.45, 2.75) is 20.8 Å². The van der Waals surface area contributed by atoms with Crippen molar-refractivity contribution >= 4 is 16.9 Å². The van der Waals surface area contributed by atoms with Gasteiger partial charge in [0, 0.05) is 6.92 Å². The van der Waals surface area contributed by atoms with Gasteiger partial charge >= 0.3 is 0 Å². The first-order valence-electron chi connectivity index (χ1n) is 4.55. The number of imidazole rings is 1. The minimum absolute atomic E-state index is 0.00393. The van der Waals surface area contributed by atoms with Crippen LogP contribution in [0, 0.1) is 13.8 Å². The maximum atomic E-state index is 11.2. The van der Waals surface area contributed by atoms with Gasteiger partial charge in [-0.1, -0.05) is 0 Å². The molecule has 1 heterocycles. The molecule has 0 radical (unpaired) electrons. The van der Waals surface area contributed by atoms with Crippen LogP contribution in [0.15, 0.2) is 18.5 Å². The van der Waals surface area contributed by atoms with Gasteiger partial charge in [-0.15, -0.1) is 0 Å². The zero-order chi connectivity index (χ0) is 10.3. The van der Waals surface area contributed by atoms with Gasteiger partial charge in [0.15, 0.2) is 0 Å². The van der Waals surface area contributed by atoms with Gasteiger partial charge in [0.2, 0.25) is 5.91 Å². The first kappa shape index (κ1) is 8.94. The number of aryl methyl sites for hydroxylation is 2. The van der Waals surface area contributed by atoms with E-state index in [-0.39, 0.29) is 5.91 Å². The van der Waals surface area contributed by atoms with E-state index < -0.39 is 0 Å². The predicted octanol–water partition coefficient (Wildman–Crippen LogP) is 2.31. The van der Waals surface area contributed by atoms with Crippen molar-refractivity contribution in [1.29, 1.82) is 0 Å². The Balaban J connectivity index is 2.80. The second-order valence-electron chi connectivity index (χ2n) is 3.56. The van der Waals surface area contributed by atoms with Crippen molar-refractivity contribution < 1.29 is 4.79 Å². The number of benzene rings is 1. The molecule has 0 unspecified atom stereocenters. The van der Waals surface area contributed by atoms with Crippen LogP contribution in [0.1, 0.15) is 22.8 Å². The minimum Gasteiger partial charge on any atom is -0.274 e. The smallest absolute Gasteiger partial charge is 0.229 e. The molecule has 0 aliphatic rings. The first-order valence-corrected chi connectivity index (χ1v) is 4.55. The lowest BCUT2D eigenvalue weighted by Gasteiger charge is -2.01. The molecule has 0 saturated heterocycles. The third-order valence-corrected chi connectivity index (χ3v) is 2.50. The molecule has 2 rings (SSSR count). The van der Waals surface area contributed by atoms with E-state index in [0.717, 1.165) is 11.0 Å². The summed E-state index contributed by atoms with van der Waals surface area (Å²) >= 11 is 0. The van der Waals surface area contributed by atoms with Crippen LogP contribution in [-0.4, -0.2) is 15.5 Å². The predicted molar refractivity (Wildman–Crippen MR) is 55.5 cm³/mol. The number of rotatable bonds is 0. The molecule has 0 bridgehead atoms. The lowest BCUT2D eigenvalue weighted by atomic mass is 10.1. The number of aromatic nitrogens is 2. The maximum Gasteiger partial charge on any atom is 0.229 e. The van der Waals surface area contributed by atoms with Gasteiger partial charge in [0.05, 0.1) is 11.0 Å². The number of hydrogen-bond donors (Lipinski definition) is 0. The summed E-state index contributed by atoms with van der Waals surface area (Å²) in [6, 6.07) is 4.00. The minimum atomic E-state index is -0.00393. The molecule has 0 saturated carbocycles. The second kappa shape index (κ2) is 2.94. The van der Waals surface area contributed by atoms with Crippen LogP contribution < -0.4 is 0 Å². The van der Waals surface area contributed by atoms with Gasteiger partial charge in [-0.25, -0.2) is 4.98 Å². The fourth-order valence-corrected chi connectivity index (χ4v) is 1.52. The molecule has 0 spiro atoms. The van der Waals surface area contributed by atoms with Gasteiger partial charge in [0.25, 0.3) is 0 Å². The van der Waals surface area contributed by atoms with Crippen LogP contribution in [-0.2, 0) is 0 Å². The molecule has 3 heteroatoms. The highest BCUT2D eigenvalue weighted by molar-refractivity contribution is 5.89. The maximum absolute atomic E-state index is 11.2. The molecule has 14 heavy (non-hydrogen) atoms. The van der Waals surface area contributed by atoms with Gasteiger partial charge in [-0.05, 0) is 37.1 Å². The van der Waals surface area contributed by atoms with Crippen LogP contribution in [0.3, 0.4) is 0 Å². The van der Waals surface area contributed by atoms with Crippen LogP contribution in [0.5, 0.6) is 0 Å². The molecule has 0 aliphatic heterocycles. The average molecular weight is 188 g/mol. The van der Waals surface area contributed by atoms with Crippen LogP contribution >= 0.6 is 0 Å². The third kappa shape index (κ3) is 1.21. The number of carbonyl (C=O) groups excluding carboxylic acids is 1. The Kier molecular flexibility index (Phi) is 1.88. The number of carbonyl (C=O) groups is 1. The molecule has 2 aromatic rings. The van der Waals surface area contributed by atoms with Crippen molar-refractivity contribution in [2.75, 3.05) is 0 Å². The van der Waals surface area contributed by atoms with Crippen molar-refractivity contribution in [3.63, 3.8) is 0 Å². The first-order chi connectivity index (χ1) is 6.59. The Morgan fingerprint density at radius 1 is 1.29 bits per heavy atom. The quantitative estimate of drug-likeness (QED) is 0.636. The summed E-state index contributed by atoms with van der Waals surface area (Å²) < 4.78 is 1.57. The van der Waals surface area contributed by atoms with E-state index in [1.165, 1.54) is 18.1 Å². The molecule has 0 atom stereocenters. The van der Waals surface area contributed by atoms with Crippen molar-refractivity contribution in [1.82, 2.24) is 9.55 Å². The van der Waals surface area contributed by atoms with Crippen molar-refractivity contribution in [2.24, 2.45) is 0 Å². The van der Waals surface area contributed by atoms with Crippen LogP contribution in [0.4, 0.5) is 0 Å². The molecular formula is C11H12N2O. The van der Waals surface area contributed by atoms with E-state index in [4.69, 9.17) is 0 Å². The molecule has 1 aromatic heterocycles. The van der Waals surface area contributed by atoms with E-state index in [1.54, 1.807) is 10.9 Å². The van der Waals surface area contributed by atoms with E-state index in [0.29, 0.717) is 0 Å². The fraction of sp³-hybridized carbons (Fsp3) is 0.273. The standard InChI is InChI=1S/C11H12N2O/c1-7-4-10-11(5-8(7)2)13(6-12-10)9(3)14/h4-6H,1-3H3. The van der Waals surface area contributed by atoms with Gasteiger partial charge in [-0.3, -0.25) is 9.36 Å². The van der Waals surface area contributed by atoms with Gasteiger partial charge in [0.1, 0.15) is 6.33 Å². The molecule has 1 aromatic carbocycles. The molecule has 0 amide bonds. The number of nitrogens with zero attached hydrogens (tertiary/aromatic N) is 2. The van der Waals surface area contributed by atoms with E-state index in [1.807, 2.05) is 26.0 Å². The summed E-state index contributed by atoms with van der Waals surface area (Å²) in [4.78, 5) is 15.4.